The summed E-state index contributed by atoms with van der Waals surface area (Å²) >= 11 is 0. The zero-order chi connectivity index (χ0) is 37.7. The average molecular weight is 725 g/mol. The maximum Gasteiger partial charge on any atom is 0.305 e. The Morgan fingerprint density at radius 2 is 0.725 bits per heavy atom. The standard InChI is InChI=1S/C45H88O6/c1-5-9-12-26-32-41(46)34-28-22-18-14-16-20-24-30-36-43(48)50-39-45(8-4,38-11-7-3)40-51-44(49)37-31-25-21-17-15-19-23-29-35-42(47)33-27-13-10-6-2/h41-42,46-47H,5-40H2,1-4H3. The molecule has 304 valence electrons. The van der Waals surface area contributed by atoms with E-state index in [9.17, 15) is 19.8 Å². The first-order chi connectivity index (χ1) is 24.8. The normalized spacial score (nSPS) is 13.9. The van der Waals surface area contributed by atoms with Crippen molar-refractivity contribution in [1.29, 1.82) is 0 Å². The van der Waals surface area contributed by atoms with Crippen LogP contribution in [0.5, 0.6) is 0 Å². The summed E-state index contributed by atoms with van der Waals surface area (Å²) in [6.45, 7) is 9.39. The van der Waals surface area contributed by atoms with Gasteiger partial charge in [-0.2, -0.15) is 0 Å². The molecule has 0 amide bonds. The lowest BCUT2D eigenvalue weighted by Gasteiger charge is -2.31. The van der Waals surface area contributed by atoms with Crippen LogP contribution in [0.1, 0.15) is 246 Å². The van der Waals surface area contributed by atoms with Gasteiger partial charge in [-0.25, -0.2) is 0 Å². The van der Waals surface area contributed by atoms with Crippen LogP contribution in [0, 0.1) is 5.41 Å². The smallest absolute Gasteiger partial charge is 0.305 e. The number of aliphatic hydroxyl groups is 2. The van der Waals surface area contributed by atoms with Crippen molar-refractivity contribution in [1.82, 2.24) is 0 Å². The number of esters is 2. The molecule has 0 spiro atoms. The van der Waals surface area contributed by atoms with Gasteiger partial charge in [-0.05, 0) is 51.4 Å². The molecule has 0 aromatic rings. The molecule has 0 bridgehead atoms. The molecule has 6 heteroatoms. The van der Waals surface area contributed by atoms with Crippen molar-refractivity contribution in [3.05, 3.63) is 0 Å². The van der Waals surface area contributed by atoms with E-state index in [-0.39, 0.29) is 29.6 Å². The maximum absolute atomic E-state index is 12.6. The monoisotopic (exact) mass is 725 g/mol. The van der Waals surface area contributed by atoms with E-state index in [1.54, 1.807) is 0 Å². The van der Waals surface area contributed by atoms with Crippen molar-refractivity contribution >= 4 is 11.9 Å². The van der Waals surface area contributed by atoms with Crippen LogP contribution in [0.3, 0.4) is 0 Å². The van der Waals surface area contributed by atoms with E-state index in [1.807, 2.05) is 0 Å². The zero-order valence-electron chi connectivity index (χ0n) is 34.6. The Balaban J connectivity index is 3.99. The fourth-order valence-corrected chi connectivity index (χ4v) is 7.05. The summed E-state index contributed by atoms with van der Waals surface area (Å²) in [4.78, 5) is 25.2. The molecule has 0 saturated carbocycles. The predicted molar refractivity (Wildman–Crippen MR) is 216 cm³/mol. The van der Waals surface area contributed by atoms with Crippen molar-refractivity contribution in [2.24, 2.45) is 5.41 Å². The second-order valence-electron chi connectivity index (χ2n) is 16.0. The number of aliphatic hydroxyl groups excluding tert-OH is 2. The first kappa shape index (κ1) is 49.9. The van der Waals surface area contributed by atoms with Crippen LogP contribution in [0.4, 0.5) is 0 Å². The van der Waals surface area contributed by atoms with Crippen LogP contribution < -0.4 is 0 Å². The Bertz CT molecular complexity index is 701. The van der Waals surface area contributed by atoms with Crippen LogP contribution in [0.25, 0.3) is 0 Å². The van der Waals surface area contributed by atoms with Crippen molar-refractivity contribution < 1.29 is 29.3 Å². The average Bonchev–Trinajstić information content (AvgIpc) is 3.13. The third-order valence-electron chi connectivity index (χ3n) is 11.0. The summed E-state index contributed by atoms with van der Waals surface area (Å²) in [5.41, 5.74) is -0.294. The minimum Gasteiger partial charge on any atom is -0.465 e. The van der Waals surface area contributed by atoms with E-state index in [2.05, 4.69) is 27.7 Å². The molecule has 0 aromatic heterocycles. The van der Waals surface area contributed by atoms with E-state index >= 15 is 0 Å². The molecule has 0 fully saturated rings. The molecule has 0 rings (SSSR count). The highest BCUT2D eigenvalue weighted by Gasteiger charge is 2.31. The largest absolute Gasteiger partial charge is 0.465 e. The van der Waals surface area contributed by atoms with Crippen molar-refractivity contribution in [3.63, 3.8) is 0 Å². The Morgan fingerprint density at radius 1 is 0.431 bits per heavy atom. The van der Waals surface area contributed by atoms with Crippen LogP contribution >= 0.6 is 0 Å². The van der Waals surface area contributed by atoms with Crippen molar-refractivity contribution in [3.8, 4) is 0 Å². The van der Waals surface area contributed by atoms with Gasteiger partial charge in [0, 0.05) is 18.3 Å². The molecular formula is C45H88O6. The number of rotatable bonds is 40. The Morgan fingerprint density at radius 3 is 1.04 bits per heavy atom. The van der Waals surface area contributed by atoms with Crippen LogP contribution in [0.2, 0.25) is 0 Å². The summed E-state index contributed by atoms with van der Waals surface area (Å²) in [5.74, 6) is -0.251. The fourth-order valence-electron chi connectivity index (χ4n) is 7.05. The number of hydrogen-bond donors (Lipinski definition) is 2. The lowest BCUT2D eigenvalue weighted by Crippen LogP contribution is -2.34. The topological polar surface area (TPSA) is 93.1 Å². The SMILES string of the molecule is CCCCCCC(O)CCCCCCCCCCC(=O)OCC(CC)(CCCC)COC(=O)CCCCCCCCCCC(O)CCCCCC. The summed E-state index contributed by atoms with van der Waals surface area (Å²) < 4.78 is 11.6. The van der Waals surface area contributed by atoms with Crippen LogP contribution in [-0.2, 0) is 19.1 Å². The van der Waals surface area contributed by atoms with Gasteiger partial charge in [0.25, 0.3) is 0 Å². The van der Waals surface area contributed by atoms with Gasteiger partial charge in [-0.15, -0.1) is 0 Å². The van der Waals surface area contributed by atoms with Crippen molar-refractivity contribution in [2.75, 3.05) is 13.2 Å². The van der Waals surface area contributed by atoms with Gasteiger partial charge in [-0.3, -0.25) is 9.59 Å². The molecule has 0 aliphatic carbocycles. The third kappa shape index (κ3) is 33.2. The molecule has 0 radical (unpaired) electrons. The first-order valence-electron chi connectivity index (χ1n) is 22.5. The lowest BCUT2D eigenvalue weighted by molar-refractivity contribution is -0.155. The molecule has 51 heavy (non-hydrogen) atoms. The van der Waals surface area contributed by atoms with Crippen LogP contribution in [-0.4, -0.2) is 47.6 Å². The molecule has 0 heterocycles. The Labute approximate surface area is 317 Å². The van der Waals surface area contributed by atoms with Gasteiger partial charge < -0.3 is 19.7 Å². The summed E-state index contributed by atoms with van der Waals surface area (Å²) in [6, 6.07) is 0. The number of carbonyl (C=O) groups is 2. The first-order valence-corrected chi connectivity index (χ1v) is 22.5. The molecule has 0 aliphatic rings. The van der Waals surface area contributed by atoms with Crippen molar-refractivity contribution in [2.45, 2.75) is 258 Å². The van der Waals surface area contributed by atoms with E-state index in [0.29, 0.717) is 26.1 Å². The molecule has 0 saturated heterocycles. The summed E-state index contributed by atoms with van der Waals surface area (Å²) in [7, 11) is 0. The molecule has 2 atom stereocenters. The fraction of sp³-hybridized carbons (Fsp3) is 0.956. The second kappa shape index (κ2) is 37.2. The minimum atomic E-state index is -0.294. The van der Waals surface area contributed by atoms with E-state index in [1.165, 1.54) is 89.9 Å². The Kier molecular flexibility index (Phi) is 36.4. The van der Waals surface area contributed by atoms with E-state index in [4.69, 9.17) is 9.47 Å². The number of hydrogen-bond acceptors (Lipinski definition) is 6. The number of ether oxygens (including phenoxy) is 2. The van der Waals surface area contributed by atoms with Crippen LogP contribution in [0.15, 0.2) is 0 Å². The number of carbonyl (C=O) groups excluding carboxylic acids is 2. The quantitative estimate of drug-likeness (QED) is 0.0483. The van der Waals surface area contributed by atoms with E-state index < -0.39 is 0 Å². The van der Waals surface area contributed by atoms with Gasteiger partial charge in [0.05, 0.1) is 12.2 Å². The van der Waals surface area contributed by atoms with Gasteiger partial charge in [-0.1, -0.05) is 182 Å². The predicted octanol–water partition coefficient (Wildman–Crippen LogP) is 13.1. The molecule has 2 unspecified atom stereocenters. The van der Waals surface area contributed by atoms with Gasteiger partial charge in [0.15, 0.2) is 0 Å². The summed E-state index contributed by atoms with van der Waals surface area (Å²) in [5, 5.41) is 20.2. The van der Waals surface area contributed by atoms with Gasteiger partial charge in [0.1, 0.15) is 13.2 Å². The van der Waals surface area contributed by atoms with Gasteiger partial charge >= 0.3 is 11.9 Å². The second-order valence-corrected chi connectivity index (χ2v) is 16.0. The zero-order valence-corrected chi connectivity index (χ0v) is 34.6. The lowest BCUT2D eigenvalue weighted by atomic mass is 9.81. The summed E-state index contributed by atoms with van der Waals surface area (Å²) in [6.07, 6.45) is 36.4. The highest BCUT2D eigenvalue weighted by molar-refractivity contribution is 5.69. The highest BCUT2D eigenvalue weighted by atomic mass is 16.5. The molecule has 0 aromatic carbocycles. The third-order valence-corrected chi connectivity index (χ3v) is 11.0. The maximum atomic E-state index is 12.6. The highest BCUT2D eigenvalue weighted by Crippen LogP contribution is 2.31. The molecule has 2 N–H and O–H groups in total. The van der Waals surface area contributed by atoms with E-state index in [0.717, 1.165) is 116 Å². The number of unbranched alkanes of at least 4 members (excludes halogenated alkanes) is 21. The molecular weight excluding hydrogens is 636 g/mol. The minimum absolute atomic E-state index is 0.112. The molecule has 0 aliphatic heterocycles. The Hall–Kier alpha value is -1.14. The molecule has 6 nitrogen and oxygen atoms in total. The van der Waals surface area contributed by atoms with Gasteiger partial charge in [0.2, 0.25) is 0 Å².